The van der Waals surface area contributed by atoms with Crippen LogP contribution in [0.4, 0.5) is 5.69 Å². The summed E-state index contributed by atoms with van der Waals surface area (Å²) < 4.78 is 7.18. The molecular weight excluding hydrogens is 360 g/mol. The molecule has 1 aromatic heterocycles. The van der Waals surface area contributed by atoms with E-state index in [0.717, 1.165) is 37.4 Å². The lowest BCUT2D eigenvalue weighted by Gasteiger charge is -2.23. The summed E-state index contributed by atoms with van der Waals surface area (Å²) in [5.41, 5.74) is 1.61. The van der Waals surface area contributed by atoms with Crippen molar-refractivity contribution < 1.29 is 14.3 Å². The maximum absolute atomic E-state index is 12.4. The number of carbonyl (C=O) groups is 2. The van der Waals surface area contributed by atoms with Gasteiger partial charge in [-0.2, -0.15) is 0 Å². The van der Waals surface area contributed by atoms with Gasteiger partial charge in [0.05, 0.1) is 24.9 Å². The van der Waals surface area contributed by atoms with E-state index < -0.39 is 5.91 Å². The van der Waals surface area contributed by atoms with Crippen LogP contribution in [-0.4, -0.2) is 53.0 Å². The molecule has 0 aliphatic carbocycles. The quantitative estimate of drug-likeness (QED) is 0.661. The van der Waals surface area contributed by atoms with Crippen molar-refractivity contribution in [2.75, 3.05) is 31.6 Å². The third kappa shape index (κ3) is 4.86. The molecule has 9 heteroatoms. The second-order valence-corrected chi connectivity index (χ2v) is 6.64. The van der Waals surface area contributed by atoms with Crippen LogP contribution < -0.4 is 20.7 Å². The molecule has 1 aliphatic rings. The number of nitrogens with one attached hydrogen (secondary N) is 3. The highest BCUT2D eigenvalue weighted by molar-refractivity contribution is 5.98. The smallest absolute Gasteiger partial charge is 0.274 e. The number of hydrogen-bond donors (Lipinski definition) is 3. The van der Waals surface area contributed by atoms with Crippen molar-refractivity contribution in [1.29, 1.82) is 0 Å². The normalized spacial score (nSPS) is 14.5. The number of benzene rings is 1. The Morgan fingerprint density at radius 1 is 1.25 bits per heavy atom. The van der Waals surface area contributed by atoms with E-state index in [4.69, 9.17) is 4.74 Å². The summed E-state index contributed by atoms with van der Waals surface area (Å²) >= 11 is 0. The molecule has 1 aromatic carbocycles. The van der Waals surface area contributed by atoms with Crippen LogP contribution in [0.25, 0.3) is 0 Å². The number of anilines is 1. The topological polar surface area (TPSA) is 110 Å². The number of piperidine rings is 1. The van der Waals surface area contributed by atoms with Crippen molar-refractivity contribution in [3.8, 4) is 5.75 Å². The van der Waals surface area contributed by atoms with Crippen LogP contribution in [0.15, 0.2) is 24.3 Å². The second kappa shape index (κ2) is 9.32. The lowest BCUT2D eigenvalue weighted by atomic mass is 10.1. The molecule has 1 aliphatic heterocycles. The highest BCUT2D eigenvalue weighted by Crippen LogP contribution is 2.20. The van der Waals surface area contributed by atoms with Crippen LogP contribution in [0.1, 0.15) is 42.0 Å². The maximum Gasteiger partial charge on any atom is 0.274 e. The van der Waals surface area contributed by atoms with Crippen molar-refractivity contribution >= 4 is 17.5 Å². The van der Waals surface area contributed by atoms with Crippen molar-refractivity contribution in [3.63, 3.8) is 0 Å². The molecular formula is C19H26N6O3. The van der Waals surface area contributed by atoms with Crippen LogP contribution in [0.5, 0.6) is 5.75 Å². The number of ether oxygens (including phenoxy) is 1. The maximum atomic E-state index is 12.4. The van der Waals surface area contributed by atoms with Crippen LogP contribution in [0.3, 0.4) is 0 Å². The Balaban J connectivity index is 1.52. The van der Waals surface area contributed by atoms with E-state index in [2.05, 4.69) is 26.3 Å². The van der Waals surface area contributed by atoms with Gasteiger partial charge in [0.15, 0.2) is 5.69 Å². The molecule has 0 bridgehead atoms. The number of aromatic nitrogens is 3. The first-order valence-corrected chi connectivity index (χ1v) is 9.52. The lowest BCUT2D eigenvalue weighted by molar-refractivity contribution is -0.115. The minimum atomic E-state index is -0.403. The van der Waals surface area contributed by atoms with Crippen molar-refractivity contribution in [2.45, 2.75) is 32.7 Å². The Hall–Kier alpha value is -2.94. The van der Waals surface area contributed by atoms with E-state index >= 15 is 0 Å². The first kappa shape index (κ1) is 19.8. The zero-order valence-electron chi connectivity index (χ0n) is 16.2. The number of nitrogens with zero attached hydrogens (tertiary/aromatic N) is 3. The second-order valence-electron chi connectivity index (χ2n) is 6.64. The summed E-state index contributed by atoms with van der Waals surface area (Å²) in [6.07, 6.45) is 1.91. The minimum Gasteiger partial charge on any atom is -0.494 e. The molecule has 2 amide bonds. The van der Waals surface area contributed by atoms with Gasteiger partial charge in [0.2, 0.25) is 5.91 Å². The summed E-state index contributed by atoms with van der Waals surface area (Å²) in [6, 6.07) is 7.30. The minimum absolute atomic E-state index is 0.147. The van der Waals surface area contributed by atoms with Crippen LogP contribution in [-0.2, 0) is 4.79 Å². The zero-order chi connectivity index (χ0) is 19.9. The van der Waals surface area contributed by atoms with Gasteiger partial charge in [-0.25, -0.2) is 4.68 Å². The Bertz CT molecular complexity index is 812. The fraction of sp³-hybridized carbons (Fsp3) is 0.474. The molecule has 150 valence electrons. The van der Waals surface area contributed by atoms with Gasteiger partial charge in [0.25, 0.3) is 5.91 Å². The lowest BCUT2D eigenvalue weighted by Crippen LogP contribution is -2.33. The SMILES string of the molecule is CCOc1ccc(NC(=O)CNC(=O)c2nnn(C3CCNCC3)c2C)cc1. The summed E-state index contributed by atoms with van der Waals surface area (Å²) in [6.45, 7) is 6.03. The van der Waals surface area contributed by atoms with Crippen LogP contribution in [0.2, 0.25) is 0 Å². The summed E-state index contributed by atoms with van der Waals surface area (Å²) in [4.78, 5) is 24.5. The first-order valence-electron chi connectivity index (χ1n) is 9.52. The highest BCUT2D eigenvalue weighted by Gasteiger charge is 2.23. The summed E-state index contributed by atoms with van der Waals surface area (Å²) in [7, 11) is 0. The molecule has 9 nitrogen and oxygen atoms in total. The molecule has 0 atom stereocenters. The van der Waals surface area contributed by atoms with Gasteiger partial charge in [-0.1, -0.05) is 5.21 Å². The van der Waals surface area contributed by atoms with E-state index in [-0.39, 0.29) is 24.2 Å². The molecule has 1 fully saturated rings. The van der Waals surface area contributed by atoms with Crippen molar-refractivity contribution in [2.24, 2.45) is 0 Å². The summed E-state index contributed by atoms with van der Waals surface area (Å²) in [5, 5.41) is 16.8. The zero-order valence-corrected chi connectivity index (χ0v) is 16.2. The van der Waals surface area contributed by atoms with Crippen LogP contribution >= 0.6 is 0 Å². The number of rotatable bonds is 7. The average molecular weight is 386 g/mol. The Morgan fingerprint density at radius 2 is 1.96 bits per heavy atom. The molecule has 3 rings (SSSR count). The predicted octanol–water partition coefficient (Wildman–Crippen LogP) is 1.28. The van der Waals surface area contributed by atoms with Crippen LogP contribution in [0, 0.1) is 6.92 Å². The number of amides is 2. The molecule has 2 heterocycles. The fourth-order valence-corrected chi connectivity index (χ4v) is 3.20. The van der Waals surface area contributed by atoms with E-state index in [1.165, 1.54) is 0 Å². The van der Waals surface area contributed by atoms with Gasteiger partial charge in [-0.05, 0) is 64.0 Å². The van der Waals surface area contributed by atoms with Gasteiger partial charge < -0.3 is 20.7 Å². The largest absolute Gasteiger partial charge is 0.494 e. The van der Waals surface area contributed by atoms with E-state index in [9.17, 15) is 9.59 Å². The van der Waals surface area contributed by atoms with Gasteiger partial charge in [-0.3, -0.25) is 9.59 Å². The predicted molar refractivity (Wildman–Crippen MR) is 104 cm³/mol. The Labute approximate surface area is 163 Å². The van der Waals surface area contributed by atoms with Gasteiger partial charge in [0.1, 0.15) is 5.75 Å². The molecule has 28 heavy (non-hydrogen) atoms. The van der Waals surface area contributed by atoms with Crippen molar-refractivity contribution in [1.82, 2.24) is 25.6 Å². The Morgan fingerprint density at radius 3 is 2.64 bits per heavy atom. The Kier molecular flexibility index (Phi) is 6.59. The van der Waals surface area contributed by atoms with Gasteiger partial charge in [0, 0.05) is 5.69 Å². The van der Waals surface area contributed by atoms with E-state index in [1.807, 2.05) is 18.5 Å². The molecule has 1 saturated heterocycles. The van der Waals surface area contributed by atoms with E-state index in [1.54, 1.807) is 24.3 Å². The molecule has 0 radical (unpaired) electrons. The first-order chi connectivity index (χ1) is 13.6. The number of hydrogen-bond acceptors (Lipinski definition) is 6. The number of carbonyl (C=O) groups excluding carboxylic acids is 2. The van der Waals surface area contributed by atoms with Gasteiger partial charge in [-0.15, -0.1) is 5.10 Å². The van der Waals surface area contributed by atoms with Gasteiger partial charge >= 0.3 is 0 Å². The molecule has 0 saturated carbocycles. The molecule has 3 N–H and O–H groups in total. The van der Waals surface area contributed by atoms with Crippen molar-refractivity contribution in [3.05, 3.63) is 35.7 Å². The summed E-state index contributed by atoms with van der Waals surface area (Å²) in [5.74, 6) is 0.0153. The van der Waals surface area contributed by atoms with E-state index in [0.29, 0.717) is 12.3 Å². The monoisotopic (exact) mass is 386 g/mol. The standard InChI is InChI=1S/C19H26N6O3/c1-3-28-16-6-4-14(5-7-16)22-17(26)12-21-19(27)18-13(2)25(24-23-18)15-8-10-20-11-9-15/h4-7,15,20H,3,8-12H2,1-2H3,(H,21,27)(H,22,26). The third-order valence-electron chi connectivity index (χ3n) is 4.66. The molecule has 2 aromatic rings. The highest BCUT2D eigenvalue weighted by atomic mass is 16.5. The average Bonchev–Trinajstić information content (AvgIpc) is 3.10. The molecule has 0 spiro atoms. The fourth-order valence-electron chi connectivity index (χ4n) is 3.20. The molecule has 0 unspecified atom stereocenters. The third-order valence-corrected chi connectivity index (χ3v) is 4.66.